The smallest absolute Gasteiger partial charge is 0.262 e. The van der Waals surface area contributed by atoms with E-state index in [1.54, 1.807) is 18.0 Å². The van der Waals surface area contributed by atoms with Crippen molar-refractivity contribution in [3.05, 3.63) is 106 Å². The molecule has 2 heterocycles. The zero-order chi connectivity index (χ0) is 23.7. The molecule has 2 aromatic heterocycles. The number of aromatic nitrogens is 4. The number of amides is 1. The van der Waals surface area contributed by atoms with E-state index in [4.69, 9.17) is 0 Å². The van der Waals surface area contributed by atoms with Gasteiger partial charge in [-0.15, -0.1) is 10.2 Å². The van der Waals surface area contributed by atoms with Crippen LogP contribution in [0.4, 0.5) is 0 Å². The molecule has 8 heteroatoms. The van der Waals surface area contributed by atoms with Gasteiger partial charge in [0.15, 0.2) is 5.16 Å². The van der Waals surface area contributed by atoms with Gasteiger partial charge in [0.25, 0.3) is 5.56 Å². The van der Waals surface area contributed by atoms with Gasteiger partial charge in [0.05, 0.1) is 22.7 Å². The number of thioether (sulfide) groups is 1. The summed E-state index contributed by atoms with van der Waals surface area (Å²) in [7, 11) is 3.51. The lowest BCUT2D eigenvalue weighted by atomic mass is 9.97. The van der Waals surface area contributed by atoms with Crippen molar-refractivity contribution < 1.29 is 4.79 Å². The quantitative estimate of drug-likeness (QED) is 0.353. The molecular formula is C26H23N5O2S. The van der Waals surface area contributed by atoms with Crippen LogP contribution in [-0.4, -0.2) is 42.8 Å². The molecule has 0 N–H and O–H groups in total. The molecular weight excluding hydrogens is 446 g/mol. The van der Waals surface area contributed by atoms with Crippen molar-refractivity contribution in [1.82, 2.24) is 24.1 Å². The predicted molar refractivity (Wildman–Crippen MR) is 134 cm³/mol. The normalized spacial score (nSPS) is 11.4. The number of aryl methyl sites for hydroxylation is 1. The molecule has 0 fully saturated rings. The van der Waals surface area contributed by atoms with Crippen LogP contribution in [0.15, 0.2) is 94.9 Å². The Labute approximate surface area is 200 Å². The standard InChI is InChI=1S/C26H23N5O2S/c1-29(23(18-11-5-3-6-12-18)19-13-7-4-8-14-19)22(32)17-34-26-28-27-25-30(2)24(33)20-15-9-10-16-21(20)31(25)26/h3-16,23H,17H2,1-2H3. The molecule has 0 saturated carbocycles. The van der Waals surface area contributed by atoms with Gasteiger partial charge in [-0.3, -0.25) is 18.6 Å². The molecule has 0 aliphatic rings. The molecule has 5 rings (SSSR count). The minimum Gasteiger partial charge on any atom is -0.334 e. The summed E-state index contributed by atoms with van der Waals surface area (Å²) in [5.74, 6) is 0.594. The molecule has 7 nitrogen and oxygen atoms in total. The Morgan fingerprint density at radius 3 is 2.15 bits per heavy atom. The van der Waals surface area contributed by atoms with Crippen molar-refractivity contribution >= 4 is 34.3 Å². The van der Waals surface area contributed by atoms with Crippen molar-refractivity contribution in [1.29, 1.82) is 0 Å². The van der Waals surface area contributed by atoms with E-state index in [1.807, 2.05) is 90.3 Å². The van der Waals surface area contributed by atoms with E-state index in [2.05, 4.69) is 10.2 Å². The lowest BCUT2D eigenvalue weighted by Gasteiger charge is -2.29. The summed E-state index contributed by atoms with van der Waals surface area (Å²) >= 11 is 1.31. The predicted octanol–water partition coefficient (Wildman–Crippen LogP) is 3.92. The van der Waals surface area contributed by atoms with Crippen molar-refractivity contribution in [3.8, 4) is 0 Å². The third kappa shape index (κ3) is 3.86. The SMILES string of the molecule is CN(C(=O)CSc1nnc2n(C)c(=O)c3ccccc3n12)C(c1ccccc1)c1ccccc1. The highest BCUT2D eigenvalue weighted by Gasteiger charge is 2.24. The first-order valence-electron chi connectivity index (χ1n) is 10.9. The maximum atomic E-state index is 13.3. The lowest BCUT2D eigenvalue weighted by Crippen LogP contribution is -2.33. The van der Waals surface area contributed by atoms with E-state index in [0.29, 0.717) is 16.3 Å². The Balaban J connectivity index is 1.45. The van der Waals surface area contributed by atoms with Gasteiger partial charge in [-0.05, 0) is 23.3 Å². The van der Waals surface area contributed by atoms with E-state index in [0.717, 1.165) is 16.6 Å². The molecule has 0 spiro atoms. The molecule has 0 aliphatic carbocycles. The molecule has 0 unspecified atom stereocenters. The zero-order valence-electron chi connectivity index (χ0n) is 18.8. The fourth-order valence-electron chi connectivity index (χ4n) is 4.19. The molecule has 0 saturated heterocycles. The van der Waals surface area contributed by atoms with Gasteiger partial charge in [0.2, 0.25) is 11.7 Å². The first kappa shape index (κ1) is 21.9. The van der Waals surface area contributed by atoms with Crippen LogP contribution in [0.5, 0.6) is 0 Å². The number of carbonyl (C=O) groups excluding carboxylic acids is 1. The average Bonchev–Trinajstić information content (AvgIpc) is 3.31. The minimum absolute atomic E-state index is 0.0337. The number of carbonyl (C=O) groups is 1. The fourth-order valence-corrected chi connectivity index (χ4v) is 5.05. The molecule has 5 aromatic rings. The van der Waals surface area contributed by atoms with Crippen molar-refractivity contribution in [2.75, 3.05) is 12.8 Å². The van der Waals surface area contributed by atoms with Gasteiger partial charge in [-0.25, -0.2) is 0 Å². The van der Waals surface area contributed by atoms with Crippen LogP contribution < -0.4 is 5.56 Å². The number of fused-ring (bicyclic) bond motifs is 3. The molecule has 170 valence electrons. The second-order valence-corrected chi connectivity index (χ2v) is 8.96. The molecule has 3 aromatic carbocycles. The Morgan fingerprint density at radius 1 is 0.912 bits per heavy atom. The number of hydrogen-bond donors (Lipinski definition) is 0. The molecule has 1 amide bonds. The first-order valence-corrected chi connectivity index (χ1v) is 11.9. The number of rotatable bonds is 6. The summed E-state index contributed by atoms with van der Waals surface area (Å²) in [5, 5.41) is 9.65. The third-order valence-electron chi connectivity index (χ3n) is 5.93. The van der Waals surface area contributed by atoms with E-state index in [1.165, 1.54) is 16.3 Å². The van der Waals surface area contributed by atoms with Crippen LogP contribution >= 0.6 is 11.8 Å². The van der Waals surface area contributed by atoms with Crippen molar-refractivity contribution in [2.24, 2.45) is 7.05 Å². The average molecular weight is 470 g/mol. The summed E-state index contributed by atoms with van der Waals surface area (Å²) in [5.41, 5.74) is 2.68. The fraction of sp³-hybridized carbons (Fsp3) is 0.154. The van der Waals surface area contributed by atoms with Crippen molar-refractivity contribution in [3.63, 3.8) is 0 Å². The summed E-state index contributed by atoms with van der Waals surface area (Å²) in [6.07, 6.45) is 0. The Morgan fingerprint density at radius 2 is 1.50 bits per heavy atom. The molecule has 34 heavy (non-hydrogen) atoms. The van der Waals surface area contributed by atoms with Crippen LogP contribution in [0.25, 0.3) is 16.7 Å². The minimum atomic E-state index is -0.202. The summed E-state index contributed by atoms with van der Waals surface area (Å²) in [6.45, 7) is 0. The second kappa shape index (κ2) is 9.15. The van der Waals surface area contributed by atoms with Gasteiger partial charge in [-0.2, -0.15) is 0 Å². The van der Waals surface area contributed by atoms with E-state index < -0.39 is 0 Å². The topological polar surface area (TPSA) is 72.5 Å². The van der Waals surface area contributed by atoms with Crippen molar-refractivity contribution in [2.45, 2.75) is 11.2 Å². The van der Waals surface area contributed by atoms with Crippen LogP contribution in [0.1, 0.15) is 17.2 Å². The van der Waals surface area contributed by atoms with Gasteiger partial charge < -0.3 is 4.90 Å². The maximum Gasteiger partial charge on any atom is 0.262 e. The third-order valence-corrected chi connectivity index (χ3v) is 6.85. The molecule has 0 bridgehead atoms. The molecule has 0 atom stereocenters. The number of nitrogens with zero attached hydrogens (tertiary/aromatic N) is 5. The highest BCUT2D eigenvalue weighted by Crippen LogP contribution is 2.29. The monoisotopic (exact) mass is 469 g/mol. The largest absolute Gasteiger partial charge is 0.334 e. The van der Waals surface area contributed by atoms with E-state index in [9.17, 15) is 9.59 Å². The van der Waals surface area contributed by atoms with Crippen LogP contribution in [0, 0.1) is 0 Å². The van der Waals surface area contributed by atoms with Gasteiger partial charge >= 0.3 is 0 Å². The molecule has 0 aliphatic heterocycles. The van der Waals surface area contributed by atoms with Gasteiger partial charge in [0, 0.05) is 14.1 Å². The Hall–Kier alpha value is -3.91. The Bertz CT molecular complexity index is 1490. The molecule has 0 radical (unpaired) electrons. The number of benzene rings is 3. The van der Waals surface area contributed by atoms with E-state index in [-0.39, 0.29) is 23.3 Å². The summed E-state index contributed by atoms with van der Waals surface area (Å²) in [4.78, 5) is 27.8. The summed E-state index contributed by atoms with van der Waals surface area (Å²) < 4.78 is 3.31. The zero-order valence-corrected chi connectivity index (χ0v) is 19.6. The maximum absolute atomic E-state index is 13.3. The highest BCUT2D eigenvalue weighted by molar-refractivity contribution is 7.99. The van der Waals surface area contributed by atoms with Crippen LogP contribution in [-0.2, 0) is 11.8 Å². The van der Waals surface area contributed by atoms with Crippen LogP contribution in [0.2, 0.25) is 0 Å². The summed E-state index contributed by atoms with van der Waals surface area (Å²) in [6, 6.07) is 27.2. The highest BCUT2D eigenvalue weighted by atomic mass is 32.2. The number of para-hydroxylation sites is 1. The van der Waals surface area contributed by atoms with Crippen LogP contribution in [0.3, 0.4) is 0 Å². The first-order chi connectivity index (χ1) is 16.6. The lowest BCUT2D eigenvalue weighted by molar-refractivity contribution is -0.128. The second-order valence-electron chi connectivity index (χ2n) is 8.02. The van der Waals surface area contributed by atoms with Gasteiger partial charge in [0.1, 0.15) is 0 Å². The van der Waals surface area contributed by atoms with Gasteiger partial charge in [-0.1, -0.05) is 84.6 Å². The Kier molecular flexibility index (Phi) is 5.90. The number of hydrogen-bond acceptors (Lipinski definition) is 5. The van der Waals surface area contributed by atoms with E-state index >= 15 is 0 Å².